The van der Waals surface area contributed by atoms with Gasteiger partial charge in [0.2, 0.25) is 5.91 Å². The molecule has 180 valence electrons. The zero-order valence-electron chi connectivity index (χ0n) is 20.3. The zero-order chi connectivity index (χ0) is 24.2. The van der Waals surface area contributed by atoms with Crippen LogP contribution in [0.25, 0.3) is 11.0 Å². The topological polar surface area (TPSA) is 56.6 Å². The molecule has 2 heterocycles. The summed E-state index contributed by atoms with van der Waals surface area (Å²) in [6.07, 6.45) is 2.30. The molecule has 1 fully saturated rings. The maximum Gasteiger partial charge on any atom is 0.227 e. The minimum Gasteiger partial charge on any atom is -0.497 e. The van der Waals surface area contributed by atoms with E-state index in [1.807, 2.05) is 47.4 Å². The number of imidazole rings is 1. The Morgan fingerprint density at radius 1 is 0.971 bits per heavy atom. The van der Waals surface area contributed by atoms with Crippen LogP contribution in [0.15, 0.2) is 72.8 Å². The molecule has 6 nitrogen and oxygen atoms in total. The predicted molar refractivity (Wildman–Crippen MR) is 138 cm³/mol. The number of benzene rings is 3. The Balaban J connectivity index is 1.31. The molecule has 4 aromatic rings. The lowest BCUT2D eigenvalue weighted by atomic mass is 10.1. The minimum absolute atomic E-state index is 0.0586. The molecule has 1 aliphatic rings. The largest absolute Gasteiger partial charge is 0.497 e. The number of aryl methyl sites for hydroxylation is 2. The number of rotatable bonds is 9. The lowest BCUT2D eigenvalue weighted by Gasteiger charge is -2.18. The van der Waals surface area contributed by atoms with Gasteiger partial charge in [-0.25, -0.2) is 4.98 Å². The molecule has 5 rings (SSSR count). The molecule has 0 radical (unpaired) electrons. The molecular weight excluding hydrogens is 438 g/mol. The number of fused-ring (bicyclic) bond motifs is 1. The number of aromatic nitrogens is 2. The molecule has 0 aliphatic carbocycles. The molecule has 0 unspecified atom stereocenters. The van der Waals surface area contributed by atoms with Crippen molar-refractivity contribution in [3.63, 3.8) is 0 Å². The van der Waals surface area contributed by atoms with Gasteiger partial charge in [0.25, 0.3) is 0 Å². The Kier molecular flexibility index (Phi) is 6.70. The van der Waals surface area contributed by atoms with Gasteiger partial charge in [-0.2, -0.15) is 0 Å². The highest BCUT2D eigenvalue weighted by Gasteiger charge is 2.34. The number of para-hydroxylation sites is 2. The molecule has 1 aliphatic heterocycles. The van der Waals surface area contributed by atoms with Crippen molar-refractivity contribution in [2.45, 2.75) is 38.6 Å². The summed E-state index contributed by atoms with van der Waals surface area (Å²) in [6.45, 7) is 4.16. The molecule has 1 aromatic heterocycles. The van der Waals surface area contributed by atoms with E-state index in [-0.39, 0.29) is 11.8 Å². The van der Waals surface area contributed by atoms with Crippen molar-refractivity contribution >= 4 is 22.6 Å². The Hall–Kier alpha value is -3.80. The van der Waals surface area contributed by atoms with Gasteiger partial charge in [-0.3, -0.25) is 4.79 Å². The van der Waals surface area contributed by atoms with Gasteiger partial charge in [0, 0.05) is 31.1 Å². The molecule has 3 aromatic carbocycles. The van der Waals surface area contributed by atoms with Crippen LogP contribution in [0.3, 0.4) is 0 Å². The standard InChI is InChI=1S/C29H31N3O3/c1-3-21-9-11-23(12-10-21)32-20-22(19-28(32)33)29-30-26-7-4-5-8-27(26)31(29)17-6-18-35-25-15-13-24(34-2)14-16-25/h4-5,7-16,22H,3,6,17-20H2,1-2H3/t22-/m0/s1. The summed E-state index contributed by atoms with van der Waals surface area (Å²) >= 11 is 0. The molecule has 6 heteroatoms. The van der Waals surface area contributed by atoms with Gasteiger partial charge < -0.3 is 18.9 Å². The van der Waals surface area contributed by atoms with Gasteiger partial charge in [-0.1, -0.05) is 31.2 Å². The number of nitrogens with zero attached hydrogens (tertiary/aromatic N) is 3. The van der Waals surface area contributed by atoms with Crippen molar-refractivity contribution in [3.05, 3.63) is 84.2 Å². The monoisotopic (exact) mass is 469 g/mol. The molecule has 1 saturated heterocycles. The number of carbonyl (C=O) groups excluding carboxylic acids is 1. The van der Waals surface area contributed by atoms with Gasteiger partial charge in [0.05, 0.1) is 24.8 Å². The first kappa shape index (κ1) is 23.0. The Bertz CT molecular complexity index is 1300. The van der Waals surface area contributed by atoms with E-state index in [9.17, 15) is 4.79 Å². The van der Waals surface area contributed by atoms with Crippen LogP contribution in [0.4, 0.5) is 5.69 Å². The van der Waals surface area contributed by atoms with Crippen LogP contribution in [0, 0.1) is 0 Å². The van der Waals surface area contributed by atoms with E-state index in [0.717, 1.165) is 53.4 Å². The first-order valence-corrected chi connectivity index (χ1v) is 12.3. The van der Waals surface area contributed by atoms with Gasteiger partial charge in [-0.05, 0) is 66.9 Å². The van der Waals surface area contributed by atoms with Crippen molar-refractivity contribution in [2.24, 2.45) is 0 Å². The first-order chi connectivity index (χ1) is 17.2. The second kappa shape index (κ2) is 10.2. The van der Waals surface area contributed by atoms with E-state index >= 15 is 0 Å². The van der Waals surface area contributed by atoms with E-state index < -0.39 is 0 Å². The Morgan fingerprint density at radius 2 is 1.71 bits per heavy atom. The SMILES string of the molecule is CCc1ccc(N2C[C@@H](c3nc4ccccc4n3CCCOc3ccc(OC)cc3)CC2=O)cc1. The second-order valence-electron chi connectivity index (χ2n) is 8.91. The van der Waals surface area contributed by atoms with Crippen LogP contribution in [-0.2, 0) is 17.8 Å². The normalized spacial score (nSPS) is 15.7. The predicted octanol–water partition coefficient (Wildman–Crippen LogP) is 5.60. The Labute approximate surface area is 206 Å². The summed E-state index contributed by atoms with van der Waals surface area (Å²) in [6, 6.07) is 24.2. The highest BCUT2D eigenvalue weighted by molar-refractivity contribution is 5.96. The summed E-state index contributed by atoms with van der Waals surface area (Å²) in [4.78, 5) is 19.8. The van der Waals surface area contributed by atoms with Crippen molar-refractivity contribution in [1.82, 2.24) is 9.55 Å². The van der Waals surface area contributed by atoms with E-state index in [1.54, 1.807) is 7.11 Å². The van der Waals surface area contributed by atoms with Crippen LogP contribution in [-0.4, -0.2) is 35.7 Å². The molecule has 0 bridgehead atoms. The quantitative estimate of drug-likeness (QED) is 0.300. The zero-order valence-corrected chi connectivity index (χ0v) is 20.3. The van der Waals surface area contributed by atoms with Crippen LogP contribution in [0.5, 0.6) is 11.5 Å². The van der Waals surface area contributed by atoms with Gasteiger partial charge >= 0.3 is 0 Å². The summed E-state index contributed by atoms with van der Waals surface area (Å²) in [7, 11) is 1.65. The molecule has 1 atom stereocenters. The van der Waals surface area contributed by atoms with Crippen molar-refractivity contribution in [3.8, 4) is 11.5 Å². The average molecular weight is 470 g/mol. The van der Waals surface area contributed by atoms with Gasteiger partial charge in [-0.15, -0.1) is 0 Å². The number of amides is 1. The highest BCUT2D eigenvalue weighted by atomic mass is 16.5. The fourth-order valence-corrected chi connectivity index (χ4v) is 4.77. The molecule has 0 saturated carbocycles. The summed E-state index contributed by atoms with van der Waals surface area (Å²) in [5, 5.41) is 0. The number of anilines is 1. The van der Waals surface area contributed by atoms with Gasteiger partial charge in [0.15, 0.2) is 0 Å². The van der Waals surface area contributed by atoms with Crippen molar-refractivity contribution in [2.75, 3.05) is 25.2 Å². The third-order valence-corrected chi connectivity index (χ3v) is 6.68. The van der Waals surface area contributed by atoms with Crippen LogP contribution in [0.2, 0.25) is 0 Å². The fourth-order valence-electron chi connectivity index (χ4n) is 4.77. The number of hydrogen-bond donors (Lipinski definition) is 0. The van der Waals surface area contributed by atoms with Crippen LogP contribution < -0.4 is 14.4 Å². The minimum atomic E-state index is 0.0586. The van der Waals surface area contributed by atoms with E-state index in [2.05, 4.69) is 41.8 Å². The summed E-state index contributed by atoms with van der Waals surface area (Å²) in [5.41, 5.74) is 4.31. The maximum atomic E-state index is 13.0. The molecular formula is C29H31N3O3. The average Bonchev–Trinajstić information content (AvgIpc) is 3.47. The maximum absolute atomic E-state index is 13.0. The van der Waals surface area contributed by atoms with E-state index in [4.69, 9.17) is 14.5 Å². The number of carbonyl (C=O) groups is 1. The van der Waals surface area contributed by atoms with Crippen LogP contribution in [0.1, 0.15) is 37.1 Å². The lowest BCUT2D eigenvalue weighted by Crippen LogP contribution is -2.24. The number of methoxy groups -OCH3 is 1. The third-order valence-electron chi connectivity index (χ3n) is 6.68. The third kappa shape index (κ3) is 4.87. The van der Waals surface area contributed by atoms with Crippen molar-refractivity contribution in [1.29, 1.82) is 0 Å². The molecule has 0 spiro atoms. The fraction of sp³-hybridized carbons (Fsp3) is 0.310. The molecule has 1 amide bonds. The highest BCUT2D eigenvalue weighted by Crippen LogP contribution is 2.33. The summed E-state index contributed by atoms with van der Waals surface area (Å²) < 4.78 is 13.4. The Morgan fingerprint density at radius 3 is 2.46 bits per heavy atom. The van der Waals surface area contributed by atoms with E-state index in [0.29, 0.717) is 19.6 Å². The van der Waals surface area contributed by atoms with Crippen LogP contribution >= 0.6 is 0 Å². The second-order valence-corrected chi connectivity index (χ2v) is 8.91. The molecule has 0 N–H and O–H groups in total. The number of hydrogen-bond acceptors (Lipinski definition) is 4. The van der Waals surface area contributed by atoms with Gasteiger partial charge in [0.1, 0.15) is 17.3 Å². The first-order valence-electron chi connectivity index (χ1n) is 12.3. The summed E-state index contributed by atoms with van der Waals surface area (Å²) in [5.74, 6) is 2.83. The smallest absolute Gasteiger partial charge is 0.227 e. The van der Waals surface area contributed by atoms with Crippen molar-refractivity contribution < 1.29 is 14.3 Å². The molecule has 35 heavy (non-hydrogen) atoms. The van der Waals surface area contributed by atoms with E-state index in [1.165, 1.54) is 5.56 Å². The lowest BCUT2D eigenvalue weighted by molar-refractivity contribution is -0.117. The number of ether oxygens (including phenoxy) is 2.